The van der Waals surface area contributed by atoms with E-state index >= 15 is 0 Å². The van der Waals surface area contributed by atoms with Crippen LogP contribution in [0.5, 0.6) is 0 Å². The fourth-order valence-corrected chi connectivity index (χ4v) is 4.07. The molecule has 11 heavy (non-hydrogen) atoms. The molecule has 4 unspecified atom stereocenters. The van der Waals surface area contributed by atoms with Crippen molar-refractivity contribution in [2.24, 2.45) is 29.6 Å². The molecular weight excluding hydrogens is 132 g/mol. The van der Waals surface area contributed by atoms with E-state index in [-0.39, 0.29) is 0 Å². The van der Waals surface area contributed by atoms with Crippen molar-refractivity contribution >= 4 is 0 Å². The van der Waals surface area contributed by atoms with Gasteiger partial charge in [-0.05, 0) is 42.4 Å². The van der Waals surface area contributed by atoms with Gasteiger partial charge in [-0.2, -0.15) is 0 Å². The second-order valence-electron chi connectivity index (χ2n) is 4.86. The van der Waals surface area contributed by atoms with Gasteiger partial charge in [0.25, 0.3) is 0 Å². The van der Waals surface area contributed by atoms with Gasteiger partial charge in [0, 0.05) is 0 Å². The molecule has 0 bridgehead atoms. The first-order valence-electron chi connectivity index (χ1n) is 5.17. The molecule has 0 aromatic heterocycles. The minimum Gasteiger partial charge on any atom is -0.0654 e. The van der Waals surface area contributed by atoms with Gasteiger partial charge in [-0.1, -0.05) is 24.5 Å². The number of fused-ring (bicyclic) bond motifs is 4. The first-order chi connectivity index (χ1) is 5.43. The van der Waals surface area contributed by atoms with Crippen LogP contribution in [0.1, 0.15) is 26.2 Å². The highest BCUT2D eigenvalue weighted by Crippen LogP contribution is 2.83. The maximum atomic E-state index is 2.33. The van der Waals surface area contributed by atoms with Gasteiger partial charge in [-0.3, -0.25) is 0 Å². The monoisotopic (exact) mass is 146 g/mol. The molecule has 0 nitrogen and oxygen atoms in total. The van der Waals surface area contributed by atoms with Gasteiger partial charge in [-0.25, -0.2) is 0 Å². The first-order valence-corrected chi connectivity index (χ1v) is 5.17. The van der Waals surface area contributed by atoms with Crippen LogP contribution in [-0.2, 0) is 0 Å². The maximum absolute atomic E-state index is 2.33. The minimum atomic E-state index is 1.10. The van der Waals surface area contributed by atoms with Gasteiger partial charge in [0.05, 0.1) is 0 Å². The van der Waals surface area contributed by atoms with E-state index in [0.29, 0.717) is 0 Å². The molecule has 4 rings (SSSR count). The SMILES string of the molecule is CCC[C@@H]1C2=C3C(C4CC24)C31. The summed E-state index contributed by atoms with van der Waals surface area (Å²) in [6, 6.07) is 0. The summed E-state index contributed by atoms with van der Waals surface area (Å²) >= 11 is 0. The molecule has 0 radical (unpaired) electrons. The summed E-state index contributed by atoms with van der Waals surface area (Å²) < 4.78 is 0. The van der Waals surface area contributed by atoms with Crippen molar-refractivity contribution in [2.45, 2.75) is 26.2 Å². The number of hydrogen-bond acceptors (Lipinski definition) is 0. The zero-order chi connectivity index (χ0) is 7.16. The highest BCUT2D eigenvalue weighted by Gasteiger charge is 2.75. The highest BCUT2D eigenvalue weighted by atomic mass is 14.8. The average molecular weight is 146 g/mol. The molecule has 2 saturated carbocycles. The van der Waals surface area contributed by atoms with Crippen LogP contribution in [0.25, 0.3) is 0 Å². The van der Waals surface area contributed by atoms with Gasteiger partial charge in [-0.15, -0.1) is 0 Å². The lowest BCUT2D eigenvalue weighted by Gasteiger charge is -2.28. The van der Waals surface area contributed by atoms with E-state index in [2.05, 4.69) is 6.92 Å². The molecule has 0 saturated heterocycles. The molecule has 0 heteroatoms. The molecule has 2 fully saturated rings. The average Bonchev–Trinajstić information content (AvgIpc) is 2.83. The molecule has 0 aromatic carbocycles. The lowest BCUT2D eigenvalue weighted by Crippen LogP contribution is -2.19. The van der Waals surface area contributed by atoms with Crippen LogP contribution in [0.2, 0.25) is 0 Å². The molecule has 0 heterocycles. The van der Waals surface area contributed by atoms with Gasteiger partial charge in [0.2, 0.25) is 0 Å². The number of allylic oxidation sites excluding steroid dienone is 2. The Balaban J connectivity index is 1.70. The largest absolute Gasteiger partial charge is 0.0654 e. The second-order valence-corrected chi connectivity index (χ2v) is 4.86. The number of hydrogen-bond donors (Lipinski definition) is 0. The van der Waals surface area contributed by atoms with Gasteiger partial charge in [0.15, 0.2) is 0 Å². The van der Waals surface area contributed by atoms with Crippen molar-refractivity contribution in [3.8, 4) is 0 Å². The Labute approximate surface area is 67.7 Å². The van der Waals surface area contributed by atoms with Crippen molar-refractivity contribution in [1.29, 1.82) is 0 Å². The third-order valence-electron chi connectivity index (χ3n) is 4.46. The Hall–Kier alpha value is -0.260. The molecule has 4 aliphatic rings. The summed E-state index contributed by atoms with van der Waals surface area (Å²) in [6.07, 6.45) is 4.49. The third-order valence-corrected chi connectivity index (χ3v) is 4.46. The summed E-state index contributed by atoms with van der Waals surface area (Å²) in [4.78, 5) is 0. The fourth-order valence-electron chi connectivity index (χ4n) is 4.07. The van der Waals surface area contributed by atoms with Gasteiger partial charge < -0.3 is 0 Å². The Bertz CT molecular complexity index is 274. The third kappa shape index (κ3) is 0.389. The van der Waals surface area contributed by atoms with Gasteiger partial charge >= 0.3 is 0 Å². The summed E-state index contributed by atoms with van der Waals surface area (Å²) in [5, 5.41) is 0. The van der Waals surface area contributed by atoms with Crippen LogP contribution >= 0.6 is 0 Å². The molecule has 5 atom stereocenters. The van der Waals surface area contributed by atoms with Crippen LogP contribution in [0, 0.1) is 29.6 Å². The van der Waals surface area contributed by atoms with Crippen LogP contribution < -0.4 is 0 Å². The Morgan fingerprint density at radius 2 is 2.18 bits per heavy atom. The topological polar surface area (TPSA) is 0 Å². The van der Waals surface area contributed by atoms with Crippen LogP contribution in [0.15, 0.2) is 11.1 Å². The normalized spacial score (nSPS) is 60.3. The zero-order valence-corrected chi connectivity index (χ0v) is 7.01. The Morgan fingerprint density at radius 3 is 2.82 bits per heavy atom. The standard InChI is InChI=1S/C11H14/c1-2-3-5-8-6-4-7(6)10-9(5)11(8)10/h5-7,9-10H,2-4H2,1H3/t5-,6?,7?,9?,10?/m1/s1. The van der Waals surface area contributed by atoms with E-state index in [0.717, 1.165) is 23.7 Å². The molecular formula is C11H14. The predicted molar refractivity (Wildman–Crippen MR) is 44.0 cm³/mol. The van der Waals surface area contributed by atoms with E-state index in [1.165, 1.54) is 18.8 Å². The van der Waals surface area contributed by atoms with E-state index < -0.39 is 0 Å². The van der Waals surface area contributed by atoms with E-state index in [1.807, 2.05) is 11.1 Å². The summed E-state index contributed by atoms with van der Waals surface area (Å²) in [5.74, 6) is 5.73. The first kappa shape index (κ1) is 5.40. The Morgan fingerprint density at radius 1 is 1.27 bits per heavy atom. The summed E-state index contributed by atoms with van der Waals surface area (Å²) in [5.41, 5.74) is 3.94. The summed E-state index contributed by atoms with van der Waals surface area (Å²) in [7, 11) is 0. The molecule has 0 N–H and O–H groups in total. The minimum absolute atomic E-state index is 1.10. The van der Waals surface area contributed by atoms with Crippen molar-refractivity contribution in [3.63, 3.8) is 0 Å². The highest BCUT2D eigenvalue weighted by molar-refractivity contribution is 5.59. The number of rotatable bonds is 2. The van der Waals surface area contributed by atoms with Crippen molar-refractivity contribution in [2.75, 3.05) is 0 Å². The van der Waals surface area contributed by atoms with Crippen molar-refractivity contribution in [1.82, 2.24) is 0 Å². The lowest BCUT2D eigenvalue weighted by molar-refractivity contribution is 0.376. The zero-order valence-electron chi connectivity index (χ0n) is 7.01. The summed E-state index contributed by atoms with van der Waals surface area (Å²) in [6.45, 7) is 2.33. The van der Waals surface area contributed by atoms with E-state index in [9.17, 15) is 0 Å². The smallest absolute Gasteiger partial charge is 0.00627 e. The molecule has 0 spiro atoms. The molecule has 58 valence electrons. The molecule has 0 aromatic rings. The molecule has 0 aliphatic heterocycles. The molecule has 0 amide bonds. The quantitative estimate of drug-likeness (QED) is 0.525. The lowest BCUT2D eigenvalue weighted by atomic mass is 9.77. The van der Waals surface area contributed by atoms with E-state index in [4.69, 9.17) is 0 Å². The second kappa shape index (κ2) is 1.32. The van der Waals surface area contributed by atoms with Crippen LogP contribution in [0.4, 0.5) is 0 Å². The van der Waals surface area contributed by atoms with Crippen LogP contribution in [-0.4, -0.2) is 0 Å². The Kier molecular flexibility index (Phi) is 0.648. The van der Waals surface area contributed by atoms with Gasteiger partial charge in [0.1, 0.15) is 0 Å². The van der Waals surface area contributed by atoms with E-state index in [1.54, 1.807) is 6.42 Å². The van der Waals surface area contributed by atoms with Crippen LogP contribution in [0.3, 0.4) is 0 Å². The maximum Gasteiger partial charge on any atom is -0.00627 e. The van der Waals surface area contributed by atoms with Crippen molar-refractivity contribution in [3.05, 3.63) is 11.1 Å². The molecule has 4 aliphatic carbocycles. The predicted octanol–water partition coefficient (Wildman–Crippen LogP) is 2.61. The van der Waals surface area contributed by atoms with Crippen molar-refractivity contribution < 1.29 is 0 Å². The fraction of sp³-hybridized carbons (Fsp3) is 0.818.